The molecule has 10 heteroatoms. The fraction of sp³-hybridized carbons (Fsp3) is 0.188. The van der Waals surface area contributed by atoms with Gasteiger partial charge >= 0.3 is 0 Å². The van der Waals surface area contributed by atoms with Gasteiger partial charge in [-0.2, -0.15) is 0 Å². The van der Waals surface area contributed by atoms with Crippen LogP contribution in [0.2, 0.25) is 0 Å². The van der Waals surface area contributed by atoms with E-state index >= 15 is 0 Å². The zero-order chi connectivity index (χ0) is 19.5. The summed E-state index contributed by atoms with van der Waals surface area (Å²) in [5.74, 6) is -0.596. The lowest BCUT2D eigenvalue weighted by Crippen LogP contribution is -2.17. The van der Waals surface area contributed by atoms with E-state index in [2.05, 4.69) is 10.0 Å². The molecule has 0 aliphatic carbocycles. The Hall–Kier alpha value is -3.14. The van der Waals surface area contributed by atoms with Crippen molar-refractivity contribution in [3.63, 3.8) is 0 Å². The first-order chi connectivity index (χ1) is 12.1. The Labute approximate surface area is 150 Å². The van der Waals surface area contributed by atoms with Crippen molar-refractivity contribution in [2.45, 2.75) is 0 Å². The molecule has 0 aliphatic heterocycles. The topological polar surface area (TPSA) is 122 Å². The molecule has 0 bridgehead atoms. The Kier molecular flexibility index (Phi) is 5.46. The number of anilines is 3. The predicted molar refractivity (Wildman–Crippen MR) is 100 cm³/mol. The second-order valence-corrected chi connectivity index (χ2v) is 7.48. The smallest absolute Gasteiger partial charge is 0.293 e. The van der Waals surface area contributed by atoms with Crippen LogP contribution in [0.3, 0.4) is 0 Å². The number of sulfonamides is 1. The Morgan fingerprint density at radius 2 is 1.73 bits per heavy atom. The summed E-state index contributed by atoms with van der Waals surface area (Å²) in [5, 5.41) is 13.8. The molecule has 2 aromatic carbocycles. The largest absolute Gasteiger partial charge is 0.372 e. The van der Waals surface area contributed by atoms with Crippen LogP contribution in [-0.4, -0.2) is 39.6 Å². The number of carbonyl (C=O) groups excluding carboxylic acids is 1. The van der Waals surface area contributed by atoms with Gasteiger partial charge in [-0.05, 0) is 24.3 Å². The highest BCUT2D eigenvalue weighted by atomic mass is 32.2. The minimum atomic E-state index is -3.53. The normalized spacial score (nSPS) is 10.9. The van der Waals surface area contributed by atoms with Gasteiger partial charge in [-0.25, -0.2) is 8.42 Å². The van der Waals surface area contributed by atoms with Crippen LogP contribution in [0.5, 0.6) is 0 Å². The number of hydrogen-bond donors (Lipinski definition) is 2. The second kappa shape index (κ2) is 7.40. The Morgan fingerprint density at radius 1 is 1.12 bits per heavy atom. The number of para-hydroxylation sites is 2. The molecule has 0 spiro atoms. The maximum absolute atomic E-state index is 12.5. The fourth-order valence-corrected chi connectivity index (χ4v) is 2.84. The molecule has 2 aromatic rings. The van der Waals surface area contributed by atoms with Crippen molar-refractivity contribution in [3.05, 3.63) is 58.1 Å². The van der Waals surface area contributed by atoms with Crippen LogP contribution in [0.1, 0.15) is 10.4 Å². The minimum Gasteiger partial charge on any atom is -0.372 e. The molecule has 0 unspecified atom stereocenters. The third-order valence-corrected chi connectivity index (χ3v) is 3.98. The summed E-state index contributed by atoms with van der Waals surface area (Å²) in [5.41, 5.74) is 0.678. The third kappa shape index (κ3) is 4.70. The van der Waals surface area contributed by atoms with Gasteiger partial charge in [0.1, 0.15) is 5.69 Å². The highest BCUT2D eigenvalue weighted by molar-refractivity contribution is 7.92. The minimum absolute atomic E-state index is 0.0801. The zero-order valence-corrected chi connectivity index (χ0v) is 15.2. The molecular weight excluding hydrogens is 360 g/mol. The number of nitro benzene ring substituents is 1. The second-order valence-electron chi connectivity index (χ2n) is 5.73. The van der Waals surface area contributed by atoms with Crippen molar-refractivity contribution in [1.82, 2.24) is 0 Å². The van der Waals surface area contributed by atoms with E-state index in [1.165, 1.54) is 30.3 Å². The molecule has 0 atom stereocenters. The highest BCUT2D eigenvalue weighted by Crippen LogP contribution is 2.29. The summed E-state index contributed by atoms with van der Waals surface area (Å²) in [6.45, 7) is 0. The van der Waals surface area contributed by atoms with Gasteiger partial charge < -0.3 is 10.2 Å². The zero-order valence-electron chi connectivity index (χ0n) is 14.4. The van der Waals surface area contributed by atoms with Gasteiger partial charge in [0.15, 0.2) is 0 Å². The van der Waals surface area contributed by atoms with Gasteiger partial charge in [-0.1, -0.05) is 12.1 Å². The van der Waals surface area contributed by atoms with Gasteiger partial charge in [0.05, 0.1) is 22.6 Å². The van der Waals surface area contributed by atoms with Crippen LogP contribution in [0.4, 0.5) is 22.7 Å². The van der Waals surface area contributed by atoms with Crippen molar-refractivity contribution in [1.29, 1.82) is 0 Å². The molecule has 2 N–H and O–H groups in total. The number of benzene rings is 2. The Balaban J connectivity index is 2.34. The van der Waals surface area contributed by atoms with E-state index in [0.717, 1.165) is 6.26 Å². The lowest BCUT2D eigenvalue weighted by Gasteiger charge is -2.14. The lowest BCUT2D eigenvalue weighted by molar-refractivity contribution is -0.384. The van der Waals surface area contributed by atoms with Crippen LogP contribution < -0.4 is 14.9 Å². The summed E-state index contributed by atoms with van der Waals surface area (Å²) in [4.78, 5) is 24.7. The molecule has 0 aliphatic rings. The molecule has 0 heterocycles. The van der Waals surface area contributed by atoms with E-state index in [0.29, 0.717) is 5.69 Å². The average molecular weight is 378 g/mol. The number of carbonyl (C=O) groups is 1. The number of hydrogen-bond acceptors (Lipinski definition) is 6. The maximum Gasteiger partial charge on any atom is 0.293 e. The first-order valence-corrected chi connectivity index (χ1v) is 9.31. The Morgan fingerprint density at radius 3 is 2.27 bits per heavy atom. The number of nitro groups is 1. The van der Waals surface area contributed by atoms with Crippen LogP contribution in [0.25, 0.3) is 0 Å². The van der Waals surface area contributed by atoms with Crippen molar-refractivity contribution >= 4 is 38.7 Å². The van der Waals surface area contributed by atoms with Gasteiger partial charge in [0.2, 0.25) is 10.0 Å². The number of rotatable bonds is 6. The quantitative estimate of drug-likeness (QED) is 0.587. The first-order valence-electron chi connectivity index (χ1n) is 7.42. The van der Waals surface area contributed by atoms with E-state index in [1.54, 1.807) is 31.1 Å². The van der Waals surface area contributed by atoms with E-state index in [9.17, 15) is 23.3 Å². The van der Waals surface area contributed by atoms with Crippen molar-refractivity contribution in [2.24, 2.45) is 0 Å². The predicted octanol–water partition coefficient (Wildman–Crippen LogP) is 2.28. The standard InChI is InChI=1S/C16H18N4O5S/c1-19(2)14-9-8-11(10-15(14)20(22)23)16(21)17-12-6-4-5-7-13(12)18-26(3,24)25/h4-10,18H,1-3H3,(H,17,21). The lowest BCUT2D eigenvalue weighted by atomic mass is 10.1. The van der Waals surface area contributed by atoms with E-state index in [-0.39, 0.29) is 22.6 Å². The summed E-state index contributed by atoms with van der Waals surface area (Å²) in [6.07, 6.45) is 0.995. The molecule has 1 amide bonds. The molecule has 0 aromatic heterocycles. The molecular formula is C16H18N4O5S. The molecule has 9 nitrogen and oxygen atoms in total. The first kappa shape index (κ1) is 19.2. The number of amides is 1. The summed E-state index contributed by atoms with van der Waals surface area (Å²) in [7, 11) is -0.206. The summed E-state index contributed by atoms with van der Waals surface area (Å²) >= 11 is 0. The van der Waals surface area contributed by atoms with Crippen molar-refractivity contribution in [2.75, 3.05) is 35.3 Å². The van der Waals surface area contributed by atoms with Crippen LogP contribution in [0, 0.1) is 10.1 Å². The van der Waals surface area contributed by atoms with Gasteiger partial charge in [-0.15, -0.1) is 0 Å². The van der Waals surface area contributed by atoms with Crippen LogP contribution in [0.15, 0.2) is 42.5 Å². The molecule has 0 fully saturated rings. The third-order valence-electron chi connectivity index (χ3n) is 3.39. The number of nitrogens with one attached hydrogen (secondary N) is 2. The molecule has 0 radical (unpaired) electrons. The highest BCUT2D eigenvalue weighted by Gasteiger charge is 2.19. The van der Waals surface area contributed by atoms with Gasteiger partial charge in [0, 0.05) is 25.7 Å². The summed E-state index contributed by atoms with van der Waals surface area (Å²) in [6, 6.07) is 10.4. The number of nitrogens with zero attached hydrogens (tertiary/aromatic N) is 2. The maximum atomic E-state index is 12.5. The Bertz CT molecular complexity index is 957. The van der Waals surface area contributed by atoms with Gasteiger partial charge in [0.25, 0.3) is 11.6 Å². The van der Waals surface area contributed by atoms with E-state index < -0.39 is 20.9 Å². The molecule has 0 saturated heterocycles. The average Bonchev–Trinajstić information content (AvgIpc) is 2.54. The molecule has 2 rings (SSSR count). The van der Waals surface area contributed by atoms with Crippen LogP contribution in [-0.2, 0) is 10.0 Å². The van der Waals surface area contributed by atoms with Crippen molar-refractivity contribution in [3.8, 4) is 0 Å². The van der Waals surface area contributed by atoms with Crippen LogP contribution >= 0.6 is 0 Å². The van der Waals surface area contributed by atoms with E-state index in [4.69, 9.17) is 0 Å². The molecule has 0 saturated carbocycles. The monoisotopic (exact) mass is 378 g/mol. The molecule has 138 valence electrons. The van der Waals surface area contributed by atoms with Crippen molar-refractivity contribution < 1.29 is 18.1 Å². The summed E-state index contributed by atoms with van der Waals surface area (Å²) < 4.78 is 25.2. The fourth-order valence-electron chi connectivity index (χ4n) is 2.26. The SMILES string of the molecule is CN(C)c1ccc(C(=O)Nc2ccccc2NS(C)(=O)=O)cc1[N+](=O)[O-]. The molecule has 26 heavy (non-hydrogen) atoms. The van der Waals surface area contributed by atoms with Gasteiger partial charge in [-0.3, -0.25) is 19.6 Å². The van der Waals surface area contributed by atoms with E-state index in [1.807, 2.05) is 0 Å².